The van der Waals surface area contributed by atoms with Gasteiger partial charge in [-0.3, -0.25) is 0 Å². The molecular formula is C15H32O2. The van der Waals surface area contributed by atoms with Crippen LogP contribution in [0.4, 0.5) is 0 Å². The van der Waals surface area contributed by atoms with Crippen LogP contribution in [0.25, 0.3) is 0 Å². The van der Waals surface area contributed by atoms with Gasteiger partial charge in [0.15, 0.2) is 5.79 Å². The van der Waals surface area contributed by atoms with E-state index in [0.717, 1.165) is 45.3 Å². The van der Waals surface area contributed by atoms with Crippen molar-refractivity contribution >= 4 is 0 Å². The van der Waals surface area contributed by atoms with E-state index in [0.29, 0.717) is 0 Å². The first-order chi connectivity index (χ1) is 8.24. The molecule has 0 amide bonds. The third-order valence-corrected chi connectivity index (χ3v) is 2.93. The van der Waals surface area contributed by atoms with E-state index in [4.69, 9.17) is 9.47 Å². The zero-order chi connectivity index (χ0) is 13.0. The molecule has 0 aromatic carbocycles. The van der Waals surface area contributed by atoms with Crippen LogP contribution in [-0.2, 0) is 9.47 Å². The van der Waals surface area contributed by atoms with Crippen LogP contribution in [-0.4, -0.2) is 19.0 Å². The van der Waals surface area contributed by atoms with Crippen LogP contribution in [0.5, 0.6) is 0 Å². The van der Waals surface area contributed by atoms with E-state index in [1.807, 2.05) is 0 Å². The second kappa shape index (κ2) is 11.0. The van der Waals surface area contributed by atoms with Crippen molar-refractivity contribution in [3.8, 4) is 0 Å². The Hall–Kier alpha value is -0.0800. The van der Waals surface area contributed by atoms with Crippen LogP contribution in [0.3, 0.4) is 0 Å². The molecule has 0 saturated heterocycles. The molecule has 17 heavy (non-hydrogen) atoms. The molecule has 0 fully saturated rings. The Morgan fingerprint density at radius 3 is 1.65 bits per heavy atom. The molecule has 0 bridgehead atoms. The summed E-state index contributed by atoms with van der Waals surface area (Å²) in [6.45, 7) is 10.4. The molecule has 2 nitrogen and oxygen atoms in total. The maximum absolute atomic E-state index is 6.05. The lowest BCUT2D eigenvalue weighted by atomic mass is 10.0. The van der Waals surface area contributed by atoms with Crippen molar-refractivity contribution in [3.63, 3.8) is 0 Å². The Bertz CT molecular complexity index is 149. The molecule has 2 heteroatoms. The van der Waals surface area contributed by atoms with E-state index in [-0.39, 0.29) is 5.79 Å². The van der Waals surface area contributed by atoms with Gasteiger partial charge in [0.25, 0.3) is 0 Å². The molecule has 0 N–H and O–H groups in total. The minimum atomic E-state index is -0.296. The molecule has 0 aliphatic heterocycles. The standard InChI is InChI=1S/C15H32O2/c1-5-9-10-12-15(11-6-2,16-13-7-3)17-14-8-4/h5-14H2,1-4H3. The summed E-state index contributed by atoms with van der Waals surface area (Å²) < 4.78 is 12.1. The molecule has 0 aliphatic carbocycles. The van der Waals surface area contributed by atoms with Gasteiger partial charge < -0.3 is 9.47 Å². The Morgan fingerprint density at radius 2 is 1.24 bits per heavy atom. The molecular weight excluding hydrogens is 212 g/mol. The fraction of sp³-hybridized carbons (Fsp3) is 1.00. The Labute approximate surface area is 108 Å². The van der Waals surface area contributed by atoms with Gasteiger partial charge >= 0.3 is 0 Å². The van der Waals surface area contributed by atoms with E-state index >= 15 is 0 Å². The zero-order valence-electron chi connectivity index (χ0n) is 12.4. The van der Waals surface area contributed by atoms with Crippen molar-refractivity contribution in [1.29, 1.82) is 0 Å². The van der Waals surface area contributed by atoms with Crippen molar-refractivity contribution in [2.45, 2.75) is 84.8 Å². The summed E-state index contributed by atoms with van der Waals surface area (Å²) in [5, 5.41) is 0. The number of ether oxygens (including phenoxy) is 2. The number of unbranched alkanes of at least 4 members (excludes halogenated alkanes) is 2. The van der Waals surface area contributed by atoms with Crippen LogP contribution < -0.4 is 0 Å². The highest BCUT2D eigenvalue weighted by atomic mass is 16.7. The van der Waals surface area contributed by atoms with Crippen LogP contribution >= 0.6 is 0 Å². The first kappa shape index (κ1) is 16.9. The smallest absolute Gasteiger partial charge is 0.168 e. The zero-order valence-corrected chi connectivity index (χ0v) is 12.4. The number of hydrogen-bond acceptors (Lipinski definition) is 2. The lowest BCUT2D eigenvalue weighted by Gasteiger charge is -2.34. The summed E-state index contributed by atoms with van der Waals surface area (Å²) in [7, 11) is 0. The van der Waals surface area contributed by atoms with Gasteiger partial charge in [-0.25, -0.2) is 0 Å². The lowest BCUT2D eigenvalue weighted by molar-refractivity contribution is -0.246. The van der Waals surface area contributed by atoms with Gasteiger partial charge in [-0.05, 0) is 19.3 Å². The van der Waals surface area contributed by atoms with Gasteiger partial charge in [-0.2, -0.15) is 0 Å². The highest BCUT2D eigenvalue weighted by Crippen LogP contribution is 2.27. The molecule has 0 aromatic rings. The van der Waals surface area contributed by atoms with Gasteiger partial charge in [-0.1, -0.05) is 47.0 Å². The Balaban J connectivity index is 4.32. The van der Waals surface area contributed by atoms with Crippen molar-refractivity contribution < 1.29 is 9.47 Å². The van der Waals surface area contributed by atoms with Crippen LogP contribution in [0.2, 0.25) is 0 Å². The Kier molecular flexibility index (Phi) is 11.0. The highest BCUT2D eigenvalue weighted by Gasteiger charge is 2.29. The normalized spacial score (nSPS) is 12.0. The average molecular weight is 244 g/mol. The summed E-state index contributed by atoms with van der Waals surface area (Å²) in [5.74, 6) is -0.296. The van der Waals surface area contributed by atoms with Crippen molar-refractivity contribution in [3.05, 3.63) is 0 Å². The maximum atomic E-state index is 6.05. The van der Waals surface area contributed by atoms with Gasteiger partial charge in [0, 0.05) is 26.1 Å². The summed E-state index contributed by atoms with van der Waals surface area (Å²) in [6.07, 6.45) is 9.07. The minimum absolute atomic E-state index is 0.296. The Morgan fingerprint density at radius 1 is 0.647 bits per heavy atom. The van der Waals surface area contributed by atoms with Crippen LogP contribution in [0.1, 0.15) is 79.1 Å². The third kappa shape index (κ3) is 7.77. The fourth-order valence-electron chi connectivity index (χ4n) is 2.06. The minimum Gasteiger partial charge on any atom is -0.350 e. The summed E-state index contributed by atoms with van der Waals surface area (Å²) >= 11 is 0. The molecule has 0 atom stereocenters. The molecule has 0 radical (unpaired) electrons. The summed E-state index contributed by atoms with van der Waals surface area (Å²) in [6, 6.07) is 0. The van der Waals surface area contributed by atoms with Gasteiger partial charge in [0.1, 0.15) is 0 Å². The maximum Gasteiger partial charge on any atom is 0.168 e. The third-order valence-electron chi connectivity index (χ3n) is 2.93. The predicted molar refractivity (Wildman–Crippen MR) is 74.3 cm³/mol. The largest absolute Gasteiger partial charge is 0.350 e. The van der Waals surface area contributed by atoms with E-state index < -0.39 is 0 Å². The number of hydrogen-bond donors (Lipinski definition) is 0. The first-order valence-corrected chi connectivity index (χ1v) is 7.52. The second-order valence-corrected chi connectivity index (χ2v) is 4.81. The molecule has 0 aliphatic rings. The predicted octanol–water partition coefficient (Wildman–Crippen LogP) is 4.92. The molecule has 0 heterocycles. The topological polar surface area (TPSA) is 18.5 Å². The van der Waals surface area contributed by atoms with Crippen molar-refractivity contribution in [2.24, 2.45) is 0 Å². The summed E-state index contributed by atoms with van der Waals surface area (Å²) in [5.41, 5.74) is 0. The molecule has 104 valence electrons. The average Bonchev–Trinajstić information content (AvgIpc) is 2.34. The molecule has 0 aromatic heterocycles. The first-order valence-electron chi connectivity index (χ1n) is 7.52. The quantitative estimate of drug-likeness (QED) is 0.358. The van der Waals surface area contributed by atoms with E-state index in [1.165, 1.54) is 19.3 Å². The fourth-order valence-corrected chi connectivity index (χ4v) is 2.06. The van der Waals surface area contributed by atoms with Gasteiger partial charge in [-0.15, -0.1) is 0 Å². The molecule has 0 spiro atoms. The van der Waals surface area contributed by atoms with E-state index in [1.54, 1.807) is 0 Å². The molecule has 0 unspecified atom stereocenters. The van der Waals surface area contributed by atoms with Crippen molar-refractivity contribution in [1.82, 2.24) is 0 Å². The van der Waals surface area contributed by atoms with Crippen molar-refractivity contribution in [2.75, 3.05) is 13.2 Å². The molecule has 0 rings (SSSR count). The van der Waals surface area contributed by atoms with E-state index in [9.17, 15) is 0 Å². The monoisotopic (exact) mass is 244 g/mol. The second-order valence-electron chi connectivity index (χ2n) is 4.81. The van der Waals surface area contributed by atoms with E-state index in [2.05, 4.69) is 27.7 Å². The van der Waals surface area contributed by atoms with Crippen LogP contribution in [0.15, 0.2) is 0 Å². The van der Waals surface area contributed by atoms with Gasteiger partial charge in [0.05, 0.1) is 0 Å². The number of rotatable bonds is 12. The molecule has 0 saturated carbocycles. The summed E-state index contributed by atoms with van der Waals surface area (Å²) in [4.78, 5) is 0. The highest BCUT2D eigenvalue weighted by molar-refractivity contribution is 4.70. The van der Waals surface area contributed by atoms with Crippen LogP contribution in [0, 0.1) is 0 Å². The SMILES string of the molecule is CCCCCC(CCC)(OCCC)OCCC. The van der Waals surface area contributed by atoms with Gasteiger partial charge in [0.2, 0.25) is 0 Å². The lowest BCUT2D eigenvalue weighted by Crippen LogP contribution is -2.36.